The number of benzene rings is 2. The van der Waals surface area contributed by atoms with Gasteiger partial charge in [0, 0.05) is 44.3 Å². The Hall–Kier alpha value is -3.49. The lowest BCUT2D eigenvalue weighted by molar-refractivity contribution is -0.122. The number of amides is 2. The van der Waals surface area contributed by atoms with Crippen molar-refractivity contribution in [2.24, 2.45) is 5.92 Å². The number of nitrogens with one attached hydrogen (secondary N) is 2. The number of rotatable bonds is 8. The minimum absolute atomic E-state index is 0.00869. The van der Waals surface area contributed by atoms with Crippen LogP contribution < -0.4 is 10.6 Å². The van der Waals surface area contributed by atoms with Crippen LogP contribution in [0.15, 0.2) is 67.0 Å². The Labute approximate surface area is 211 Å². The zero-order valence-corrected chi connectivity index (χ0v) is 20.4. The number of hydrogen-bond acceptors (Lipinski definition) is 5. The van der Waals surface area contributed by atoms with Crippen LogP contribution in [0, 0.1) is 5.92 Å². The van der Waals surface area contributed by atoms with Gasteiger partial charge in [-0.2, -0.15) is 5.10 Å². The summed E-state index contributed by atoms with van der Waals surface area (Å²) < 4.78 is 7.02. The second kappa shape index (κ2) is 11.5. The molecule has 2 fully saturated rings. The molecule has 2 aliphatic heterocycles. The third-order valence-electron chi connectivity index (χ3n) is 7.09. The highest BCUT2D eigenvalue weighted by Gasteiger charge is 2.24. The highest BCUT2D eigenvalue weighted by molar-refractivity contribution is 5.94. The maximum absolute atomic E-state index is 12.6. The zero-order chi connectivity index (χ0) is 24.7. The fourth-order valence-electron chi connectivity index (χ4n) is 4.96. The molecule has 2 aliphatic rings. The van der Waals surface area contributed by atoms with Crippen LogP contribution in [-0.4, -0.2) is 65.9 Å². The molecule has 0 aliphatic carbocycles. The van der Waals surface area contributed by atoms with Gasteiger partial charge in [-0.1, -0.05) is 30.3 Å². The number of carbonyl (C=O) groups excluding carboxylic acids is 2. The highest BCUT2D eigenvalue weighted by atomic mass is 16.5. The fraction of sp³-hybridized carbons (Fsp3) is 0.393. The number of nitrogens with zero attached hydrogens (tertiary/aromatic N) is 3. The number of likely N-dealkylation sites (tertiary alicyclic amines) is 1. The van der Waals surface area contributed by atoms with E-state index in [1.54, 1.807) is 29.2 Å². The summed E-state index contributed by atoms with van der Waals surface area (Å²) in [6.07, 6.45) is 6.07. The maximum atomic E-state index is 12.6. The second-order valence-corrected chi connectivity index (χ2v) is 9.55. The average molecular weight is 488 g/mol. The van der Waals surface area contributed by atoms with Crippen molar-refractivity contribution in [3.8, 4) is 5.69 Å². The summed E-state index contributed by atoms with van der Waals surface area (Å²) in [6, 6.07) is 18.0. The van der Waals surface area contributed by atoms with E-state index in [-0.39, 0.29) is 17.7 Å². The summed E-state index contributed by atoms with van der Waals surface area (Å²) in [4.78, 5) is 27.5. The Bertz CT molecular complexity index is 1160. The van der Waals surface area contributed by atoms with Crippen LogP contribution in [-0.2, 0) is 9.53 Å². The van der Waals surface area contributed by atoms with Crippen molar-refractivity contribution in [1.82, 2.24) is 20.0 Å². The summed E-state index contributed by atoms with van der Waals surface area (Å²) in [5.74, 6) is 0.489. The fourth-order valence-corrected chi connectivity index (χ4v) is 4.96. The van der Waals surface area contributed by atoms with Crippen LogP contribution in [0.1, 0.15) is 41.1 Å². The van der Waals surface area contributed by atoms with E-state index in [9.17, 15) is 9.59 Å². The minimum Gasteiger partial charge on any atom is -0.381 e. The van der Waals surface area contributed by atoms with E-state index in [1.807, 2.05) is 12.1 Å². The van der Waals surface area contributed by atoms with Gasteiger partial charge in [-0.3, -0.25) is 9.59 Å². The van der Waals surface area contributed by atoms with E-state index in [4.69, 9.17) is 4.74 Å². The first-order chi connectivity index (χ1) is 17.7. The molecule has 2 amide bonds. The summed E-state index contributed by atoms with van der Waals surface area (Å²) in [5, 5.41) is 10.3. The van der Waals surface area contributed by atoms with Crippen molar-refractivity contribution >= 4 is 17.5 Å². The van der Waals surface area contributed by atoms with Gasteiger partial charge in [0.25, 0.3) is 5.91 Å². The second-order valence-electron chi connectivity index (χ2n) is 9.55. The molecular formula is C28H33N5O3. The van der Waals surface area contributed by atoms with Crippen molar-refractivity contribution in [2.45, 2.75) is 25.2 Å². The minimum atomic E-state index is -0.0785. The van der Waals surface area contributed by atoms with E-state index in [0.29, 0.717) is 36.9 Å². The monoisotopic (exact) mass is 487 g/mol. The molecule has 8 heteroatoms. The molecule has 188 valence electrons. The molecule has 8 nitrogen and oxygen atoms in total. The summed E-state index contributed by atoms with van der Waals surface area (Å²) >= 11 is 0. The standard InChI is InChI=1S/C28H33N5O3/c34-27(29-13-15-32-14-10-24(19-32)21-4-2-1-3-5-21)22-6-8-26(9-7-22)33-20-25(18-30-33)31-28(35)23-11-16-36-17-12-23/h1-9,18,20,23-24H,10-17,19H2,(H,29,34)(H,31,35)/t24-/m1/s1. The van der Waals surface area contributed by atoms with Crippen LogP contribution in [0.3, 0.4) is 0 Å². The summed E-state index contributed by atoms with van der Waals surface area (Å²) in [6.45, 7) is 4.83. The molecule has 5 rings (SSSR count). The first kappa shape index (κ1) is 24.2. The molecular weight excluding hydrogens is 454 g/mol. The Kier molecular flexibility index (Phi) is 7.73. The predicted octanol–water partition coefficient (Wildman–Crippen LogP) is 3.46. The van der Waals surface area contributed by atoms with Gasteiger partial charge in [0.2, 0.25) is 5.91 Å². The molecule has 0 spiro atoms. The molecule has 1 aromatic heterocycles. The number of hydrogen-bond donors (Lipinski definition) is 2. The van der Waals surface area contributed by atoms with Crippen molar-refractivity contribution in [1.29, 1.82) is 0 Å². The topological polar surface area (TPSA) is 88.5 Å². The van der Waals surface area contributed by atoms with Crippen molar-refractivity contribution < 1.29 is 14.3 Å². The van der Waals surface area contributed by atoms with Gasteiger partial charge in [0.1, 0.15) is 0 Å². The van der Waals surface area contributed by atoms with Gasteiger partial charge in [0.05, 0.1) is 23.8 Å². The third-order valence-corrected chi connectivity index (χ3v) is 7.09. The number of ether oxygens (including phenoxy) is 1. The lowest BCUT2D eigenvalue weighted by atomic mass is 9.99. The van der Waals surface area contributed by atoms with Crippen molar-refractivity contribution in [3.05, 3.63) is 78.1 Å². The zero-order valence-electron chi connectivity index (χ0n) is 20.4. The molecule has 0 radical (unpaired) electrons. The van der Waals surface area contributed by atoms with Gasteiger partial charge < -0.3 is 20.3 Å². The van der Waals surface area contributed by atoms with E-state index >= 15 is 0 Å². The number of anilines is 1. The first-order valence-corrected chi connectivity index (χ1v) is 12.7. The van der Waals surface area contributed by atoms with Gasteiger partial charge in [-0.05, 0) is 61.6 Å². The van der Waals surface area contributed by atoms with Crippen LogP contribution in [0.4, 0.5) is 5.69 Å². The van der Waals surface area contributed by atoms with Gasteiger partial charge in [-0.25, -0.2) is 4.68 Å². The molecule has 0 bridgehead atoms. The lowest BCUT2D eigenvalue weighted by Crippen LogP contribution is -2.33. The van der Waals surface area contributed by atoms with Crippen LogP contribution in [0.2, 0.25) is 0 Å². The molecule has 0 saturated carbocycles. The smallest absolute Gasteiger partial charge is 0.251 e. The van der Waals surface area contributed by atoms with Crippen molar-refractivity contribution in [2.75, 3.05) is 44.7 Å². The van der Waals surface area contributed by atoms with E-state index in [0.717, 1.165) is 44.6 Å². The van der Waals surface area contributed by atoms with E-state index in [1.165, 1.54) is 5.56 Å². The Morgan fingerprint density at radius 1 is 1.00 bits per heavy atom. The third kappa shape index (κ3) is 6.01. The van der Waals surface area contributed by atoms with Gasteiger partial charge >= 0.3 is 0 Å². The quantitative estimate of drug-likeness (QED) is 0.508. The number of aromatic nitrogens is 2. The predicted molar refractivity (Wildman–Crippen MR) is 138 cm³/mol. The van der Waals surface area contributed by atoms with Crippen molar-refractivity contribution in [3.63, 3.8) is 0 Å². The molecule has 2 saturated heterocycles. The van der Waals surface area contributed by atoms with Gasteiger partial charge in [-0.15, -0.1) is 0 Å². The molecule has 3 heterocycles. The van der Waals surface area contributed by atoms with E-state index < -0.39 is 0 Å². The van der Waals surface area contributed by atoms with Crippen LogP contribution in [0.5, 0.6) is 0 Å². The Balaban J connectivity index is 1.08. The lowest BCUT2D eigenvalue weighted by Gasteiger charge is -2.20. The largest absolute Gasteiger partial charge is 0.381 e. The van der Waals surface area contributed by atoms with E-state index in [2.05, 4.69) is 51.0 Å². The molecule has 2 N–H and O–H groups in total. The molecule has 1 atom stereocenters. The van der Waals surface area contributed by atoms with Gasteiger partial charge in [0.15, 0.2) is 0 Å². The highest BCUT2D eigenvalue weighted by Crippen LogP contribution is 2.26. The summed E-state index contributed by atoms with van der Waals surface area (Å²) in [7, 11) is 0. The Morgan fingerprint density at radius 3 is 2.56 bits per heavy atom. The first-order valence-electron chi connectivity index (χ1n) is 12.7. The van der Waals surface area contributed by atoms with Crippen LogP contribution >= 0.6 is 0 Å². The number of carbonyl (C=O) groups is 2. The Morgan fingerprint density at radius 2 is 1.78 bits per heavy atom. The average Bonchev–Trinajstić information content (AvgIpc) is 3.60. The molecule has 2 aromatic carbocycles. The maximum Gasteiger partial charge on any atom is 0.251 e. The SMILES string of the molecule is O=C(NCCN1CC[C@@H](c2ccccc2)C1)c1ccc(-n2cc(NC(=O)C3CCOCC3)cn2)cc1. The molecule has 36 heavy (non-hydrogen) atoms. The summed E-state index contributed by atoms with van der Waals surface area (Å²) in [5.41, 5.74) is 3.49. The normalized spacial score (nSPS) is 18.7. The molecule has 3 aromatic rings. The molecule has 0 unspecified atom stereocenters. The van der Waals surface area contributed by atoms with Crippen LogP contribution in [0.25, 0.3) is 5.69 Å².